The topological polar surface area (TPSA) is 27.7 Å². The van der Waals surface area contributed by atoms with E-state index >= 15 is 0 Å². The lowest BCUT2D eigenvalue weighted by Gasteiger charge is -2.38. The molecule has 1 saturated heterocycles. The van der Waals surface area contributed by atoms with E-state index in [0.717, 1.165) is 6.42 Å². The zero-order valence-electron chi connectivity index (χ0n) is 9.05. The molecule has 0 aromatic carbocycles. The fraction of sp³-hybridized carbons (Fsp3) is 1.00. The van der Waals surface area contributed by atoms with Crippen LogP contribution in [0, 0.1) is 5.41 Å². The van der Waals surface area contributed by atoms with Crippen LogP contribution in [-0.4, -0.2) is 25.8 Å². The van der Waals surface area contributed by atoms with E-state index in [1.165, 1.54) is 0 Å². The molecule has 0 aliphatic carbocycles. The van der Waals surface area contributed by atoms with E-state index in [-0.39, 0.29) is 5.41 Å². The summed E-state index contributed by atoms with van der Waals surface area (Å²) in [5.41, 5.74) is -0.0565. The Hall–Kier alpha value is -0.120. The van der Waals surface area contributed by atoms with Gasteiger partial charge in [-0.25, -0.2) is 0 Å². The smallest absolute Gasteiger partial charge is 0.288 e. The molecule has 0 radical (unpaired) electrons. The van der Waals surface area contributed by atoms with E-state index < -0.39 is 5.97 Å². The summed E-state index contributed by atoms with van der Waals surface area (Å²) in [5.74, 6) is -0.809. The van der Waals surface area contributed by atoms with Crippen molar-refractivity contribution < 1.29 is 14.2 Å². The minimum absolute atomic E-state index is 0.0565. The van der Waals surface area contributed by atoms with Crippen LogP contribution in [0.4, 0.5) is 0 Å². The summed E-state index contributed by atoms with van der Waals surface area (Å²) in [6.45, 7) is 10.1. The van der Waals surface area contributed by atoms with Crippen LogP contribution in [0.3, 0.4) is 0 Å². The van der Waals surface area contributed by atoms with Crippen LogP contribution in [0.25, 0.3) is 0 Å². The van der Waals surface area contributed by atoms with Crippen LogP contribution in [0.2, 0.25) is 0 Å². The Morgan fingerprint density at radius 3 is 2.00 bits per heavy atom. The summed E-state index contributed by atoms with van der Waals surface area (Å²) in [4.78, 5) is 0. The molecule has 1 heterocycles. The fourth-order valence-electron chi connectivity index (χ4n) is 1.68. The molecule has 0 unspecified atom stereocenters. The molecular weight excluding hydrogens is 168 g/mol. The van der Waals surface area contributed by atoms with Crippen molar-refractivity contribution in [3.05, 3.63) is 0 Å². The third kappa shape index (κ3) is 1.87. The molecule has 1 rings (SSSR count). The SMILES string of the molecule is CCOC1(OCC)OCCC1(C)C. The molecule has 0 atom stereocenters. The second kappa shape index (κ2) is 3.95. The molecule has 0 aromatic rings. The van der Waals surface area contributed by atoms with Crippen LogP contribution >= 0.6 is 0 Å². The lowest BCUT2D eigenvalue weighted by Crippen LogP contribution is -2.46. The number of hydrogen-bond donors (Lipinski definition) is 0. The van der Waals surface area contributed by atoms with Crippen LogP contribution in [0.1, 0.15) is 34.1 Å². The van der Waals surface area contributed by atoms with Gasteiger partial charge in [0.2, 0.25) is 0 Å². The Kier molecular flexibility index (Phi) is 3.33. The first-order valence-electron chi connectivity index (χ1n) is 5.00. The van der Waals surface area contributed by atoms with Crippen LogP contribution in [-0.2, 0) is 14.2 Å². The molecule has 0 saturated carbocycles. The van der Waals surface area contributed by atoms with Gasteiger partial charge in [-0.05, 0) is 20.3 Å². The molecule has 78 valence electrons. The molecule has 3 heteroatoms. The highest BCUT2D eigenvalue weighted by molar-refractivity contribution is 4.85. The van der Waals surface area contributed by atoms with Crippen molar-refractivity contribution in [2.24, 2.45) is 5.41 Å². The fourth-order valence-corrected chi connectivity index (χ4v) is 1.68. The van der Waals surface area contributed by atoms with E-state index in [1.807, 2.05) is 13.8 Å². The minimum Gasteiger partial charge on any atom is -0.327 e. The highest BCUT2D eigenvalue weighted by atomic mass is 16.9. The summed E-state index contributed by atoms with van der Waals surface area (Å²) in [5, 5.41) is 0. The van der Waals surface area contributed by atoms with Gasteiger partial charge in [0.1, 0.15) is 0 Å². The van der Waals surface area contributed by atoms with Crippen molar-refractivity contribution in [1.82, 2.24) is 0 Å². The average Bonchev–Trinajstić information content (AvgIpc) is 2.29. The molecule has 0 aromatic heterocycles. The van der Waals surface area contributed by atoms with E-state index in [9.17, 15) is 0 Å². The highest BCUT2D eigenvalue weighted by Gasteiger charge is 2.53. The third-order valence-electron chi connectivity index (χ3n) is 2.52. The van der Waals surface area contributed by atoms with Crippen molar-refractivity contribution in [3.63, 3.8) is 0 Å². The molecule has 0 spiro atoms. The molecule has 13 heavy (non-hydrogen) atoms. The first kappa shape index (κ1) is 11.0. The van der Waals surface area contributed by atoms with Gasteiger partial charge in [-0.1, -0.05) is 13.8 Å². The van der Waals surface area contributed by atoms with Crippen molar-refractivity contribution in [2.45, 2.75) is 40.1 Å². The maximum absolute atomic E-state index is 5.60. The van der Waals surface area contributed by atoms with Crippen molar-refractivity contribution in [3.8, 4) is 0 Å². The first-order valence-corrected chi connectivity index (χ1v) is 5.00. The zero-order chi connectivity index (χ0) is 9.95. The summed E-state index contributed by atoms with van der Waals surface area (Å²) in [6.07, 6.45) is 0.979. The normalized spacial score (nSPS) is 24.9. The van der Waals surface area contributed by atoms with Crippen LogP contribution in [0.5, 0.6) is 0 Å². The molecule has 1 aliphatic heterocycles. The van der Waals surface area contributed by atoms with E-state index in [0.29, 0.717) is 19.8 Å². The van der Waals surface area contributed by atoms with Gasteiger partial charge < -0.3 is 14.2 Å². The van der Waals surface area contributed by atoms with Gasteiger partial charge in [0.25, 0.3) is 5.97 Å². The predicted octanol–water partition coefficient (Wildman–Crippen LogP) is 2.16. The lowest BCUT2D eigenvalue weighted by molar-refractivity contribution is -0.394. The molecular formula is C10H20O3. The van der Waals surface area contributed by atoms with Crippen LogP contribution in [0.15, 0.2) is 0 Å². The van der Waals surface area contributed by atoms with Gasteiger partial charge >= 0.3 is 0 Å². The largest absolute Gasteiger partial charge is 0.327 e. The first-order chi connectivity index (χ1) is 6.08. The van der Waals surface area contributed by atoms with Gasteiger partial charge in [0.15, 0.2) is 0 Å². The number of hydrogen-bond acceptors (Lipinski definition) is 3. The second-order valence-corrected chi connectivity index (χ2v) is 3.90. The van der Waals surface area contributed by atoms with Gasteiger partial charge in [-0.15, -0.1) is 0 Å². The molecule has 1 fully saturated rings. The Morgan fingerprint density at radius 2 is 1.69 bits per heavy atom. The predicted molar refractivity (Wildman–Crippen MR) is 50.3 cm³/mol. The zero-order valence-corrected chi connectivity index (χ0v) is 9.05. The molecule has 0 bridgehead atoms. The number of ether oxygens (including phenoxy) is 3. The quantitative estimate of drug-likeness (QED) is 0.633. The van der Waals surface area contributed by atoms with Gasteiger partial charge in [-0.3, -0.25) is 0 Å². The van der Waals surface area contributed by atoms with Crippen molar-refractivity contribution >= 4 is 0 Å². The summed E-state index contributed by atoms with van der Waals surface area (Å²) < 4.78 is 16.8. The molecule has 1 aliphatic rings. The highest BCUT2D eigenvalue weighted by Crippen LogP contribution is 2.44. The molecule has 0 N–H and O–H groups in total. The minimum atomic E-state index is -0.809. The van der Waals surface area contributed by atoms with Gasteiger partial charge in [-0.2, -0.15) is 0 Å². The van der Waals surface area contributed by atoms with E-state index in [1.54, 1.807) is 0 Å². The van der Waals surface area contributed by atoms with E-state index in [4.69, 9.17) is 14.2 Å². The van der Waals surface area contributed by atoms with Gasteiger partial charge in [0.05, 0.1) is 6.61 Å². The summed E-state index contributed by atoms with van der Waals surface area (Å²) in [6, 6.07) is 0. The van der Waals surface area contributed by atoms with E-state index in [2.05, 4.69) is 13.8 Å². The third-order valence-corrected chi connectivity index (χ3v) is 2.52. The molecule has 0 amide bonds. The van der Waals surface area contributed by atoms with Gasteiger partial charge in [0, 0.05) is 18.6 Å². The Labute approximate surface area is 80.4 Å². The average molecular weight is 188 g/mol. The second-order valence-electron chi connectivity index (χ2n) is 3.90. The standard InChI is InChI=1S/C10H20O3/c1-5-11-10(12-6-2)9(3,4)7-8-13-10/h5-8H2,1-4H3. The van der Waals surface area contributed by atoms with Crippen LogP contribution < -0.4 is 0 Å². The maximum atomic E-state index is 5.60. The lowest BCUT2D eigenvalue weighted by atomic mass is 9.89. The monoisotopic (exact) mass is 188 g/mol. The van der Waals surface area contributed by atoms with Crippen molar-refractivity contribution in [2.75, 3.05) is 19.8 Å². The summed E-state index contributed by atoms with van der Waals surface area (Å²) >= 11 is 0. The number of rotatable bonds is 4. The summed E-state index contributed by atoms with van der Waals surface area (Å²) in [7, 11) is 0. The Morgan fingerprint density at radius 1 is 1.15 bits per heavy atom. The maximum Gasteiger partial charge on any atom is 0.288 e. The Balaban J connectivity index is 2.75. The van der Waals surface area contributed by atoms with Crippen molar-refractivity contribution in [1.29, 1.82) is 0 Å². The Bertz CT molecular complexity index is 160. The molecule has 3 nitrogen and oxygen atoms in total.